The summed E-state index contributed by atoms with van der Waals surface area (Å²) in [5, 5.41) is 15.5. The summed E-state index contributed by atoms with van der Waals surface area (Å²) < 4.78 is 2.23. The second-order valence-corrected chi connectivity index (χ2v) is 8.99. The van der Waals surface area contributed by atoms with Gasteiger partial charge in [-0.25, -0.2) is 9.97 Å². The van der Waals surface area contributed by atoms with Crippen molar-refractivity contribution in [2.45, 2.75) is 37.3 Å². The summed E-state index contributed by atoms with van der Waals surface area (Å²) in [7, 11) is 0. The van der Waals surface area contributed by atoms with E-state index >= 15 is 0 Å². The second-order valence-electron chi connectivity index (χ2n) is 7.13. The molecule has 1 aromatic carbocycles. The lowest BCUT2D eigenvalue weighted by Crippen LogP contribution is -2.14. The van der Waals surface area contributed by atoms with Crippen molar-refractivity contribution in [3.8, 4) is 11.4 Å². The fourth-order valence-corrected chi connectivity index (χ4v) is 5.19. The van der Waals surface area contributed by atoms with Crippen molar-refractivity contribution in [3.63, 3.8) is 0 Å². The van der Waals surface area contributed by atoms with Crippen molar-refractivity contribution in [2.75, 3.05) is 11.1 Å². The molecule has 1 aliphatic heterocycles. The number of hydrogen-bond acceptors (Lipinski definition) is 7. The fraction of sp³-hybridized carbons (Fsp3) is 0.286. The monoisotopic (exact) mass is 436 g/mol. The average Bonchev–Trinajstić information content (AvgIpc) is 3.34. The van der Waals surface area contributed by atoms with Gasteiger partial charge in [-0.05, 0) is 48.6 Å². The molecule has 3 aromatic heterocycles. The van der Waals surface area contributed by atoms with Gasteiger partial charge in [0.25, 0.3) is 0 Å². The molecule has 1 amide bonds. The topological polar surface area (TPSA) is 85.6 Å². The van der Waals surface area contributed by atoms with Crippen molar-refractivity contribution < 1.29 is 4.79 Å². The van der Waals surface area contributed by atoms with E-state index in [9.17, 15) is 4.79 Å². The minimum Gasteiger partial charge on any atom is -0.325 e. The van der Waals surface area contributed by atoms with Crippen LogP contribution in [0, 0.1) is 0 Å². The maximum Gasteiger partial charge on any atom is 0.234 e. The van der Waals surface area contributed by atoms with Crippen LogP contribution in [-0.4, -0.2) is 36.4 Å². The van der Waals surface area contributed by atoms with Gasteiger partial charge in [-0.15, -0.1) is 21.5 Å². The summed E-state index contributed by atoms with van der Waals surface area (Å²) in [6, 6.07) is 9.80. The van der Waals surface area contributed by atoms with E-state index < -0.39 is 0 Å². The number of amides is 1. The second kappa shape index (κ2) is 8.53. The first-order valence-electron chi connectivity index (χ1n) is 9.91. The molecule has 7 nitrogen and oxygen atoms in total. The Labute approximate surface area is 182 Å². The number of thioether (sulfide) groups is 1. The van der Waals surface area contributed by atoms with Crippen molar-refractivity contribution in [2.24, 2.45) is 0 Å². The Morgan fingerprint density at radius 2 is 2.00 bits per heavy atom. The predicted molar refractivity (Wildman–Crippen MR) is 120 cm³/mol. The number of carbonyl (C=O) groups excluding carboxylic acids is 1. The molecule has 152 valence electrons. The average molecular weight is 437 g/mol. The van der Waals surface area contributed by atoms with Gasteiger partial charge >= 0.3 is 0 Å². The van der Waals surface area contributed by atoms with Crippen LogP contribution in [0.2, 0.25) is 0 Å². The van der Waals surface area contributed by atoms with E-state index in [1.165, 1.54) is 24.6 Å². The standard InChI is InChI=1S/C21H20N6OS2/c28-18(12-30-21-16-9-11-29-20(16)22-13-23-21)24-15-7-5-14(6-8-15)19-26-25-17-4-2-1-3-10-27(17)19/h5-9,11,13H,1-4,10,12H2,(H,24,28). The highest BCUT2D eigenvalue weighted by Crippen LogP contribution is 2.28. The summed E-state index contributed by atoms with van der Waals surface area (Å²) >= 11 is 2.99. The van der Waals surface area contributed by atoms with Crippen LogP contribution in [0.1, 0.15) is 25.1 Å². The first-order chi connectivity index (χ1) is 14.8. The lowest BCUT2D eigenvalue weighted by atomic mass is 10.2. The van der Waals surface area contributed by atoms with Crippen LogP contribution in [0.4, 0.5) is 5.69 Å². The van der Waals surface area contributed by atoms with Crippen LogP contribution in [0.15, 0.2) is 47.1 Å². The zero-order chi connectivity index (χ0) is 20.3. The SMILES string of the molecule is O=C(CSc1ncnc2sccc12)Nc1ccc(-c2nnc3n2CCCCC3)cc1. The van der Waals surface area contributed by atoms with Crippen molar-refractivity contribution in [1.29, 1.82) is 0 Å². The Kier molecular flexibility index (Phi) is 5.46. The van der Waals surface area contributed by atoms with E-state index in [2.05, 4.69) is 30.0 Å². The molecule has 0 bridgehead atoms. The highest BCUT2D eigenvalue weighted by atomic mass is 32.2. The van der Waals surface area contributed by atoms with Gasteiger partial charge in [0.05, 0.1) is 5.75 Å². The molecule has 0 saturated carbocycles. The van der Waals surface area contributed by atoms with Crippen molar-refractivity contribution in [1.82, 2.24) is 24.7 Å². The Morgan fingerprint density at radius 1 is 1.10 bits per heavy atom. The molecule has 4 aromatic rings. The van der Waals surface area contributed by atoms with Crippen molar-refractivity contribution >= 4 is 44.9 Å². The lowest BCUT2D eigenvalue weighted by Gasteiger charge is -2.09. The molecule has 1 N–H and O–H groups in total. The van der Waals surface area contributed by atoms with Crippen LogP contribution in [0.3, 0.4) is 0 Å². The van der Waals surface area contributed by atoms with E-state index in [4.69, 9.17) is 0 Å². The minimum atomic E-state index is -0.0638. The zero-order valence-corrected chi connectivity index (χ0v) is 17.9. The smallest absolute Gasteiger partial charge is 0.234 e. The normalized spacial score (nSPS) is 13.7. The first-order valence-corrected chi connectivity index (χ1v) is 11.8. The van der Waals surface area contributed by atoms with Gasteiger partial charge in [0.15, 0.2) is 5.82 Å². The molecule has 0 radical (unpaired) electrons. The number of aryl methyl sites for hydroxylation is 1. The molecule has 0 atom stereocenters. The Balaban J connectivity index is 1.23. The van der Waals surface area contributed by atoms with Gasteiger partial charge in [-0.2, -0.15) is 0 Å². The number of thiophene rings is 1. The van der Waals surface area contributed by atoms with E-state index in [1.807, 2.05) is 35.7 Å². The van der Waals surface area contributed by atoms with Gasteiger partial charge in [-0.1, -0.05) is 18.2 Å². The summed E-state index contributed by atoms with van der Waals surface area (Å²) in [5.41, 5.74) is 1.78. The van der Waals surface area contributed by atoms with Crippen molar-refractivity contribution in [3.05, 3.63) is 47.9 Å². The van der Waals surface area contributed by atoms with E-state index in [1.54, 1.807) is 17.7 Å². The summed E-state index contributed by atoms with van der Waals surface area (Å²) in [5.74, 6) is 2.21. The quantitative estimate of drug-likeness (QED) is 0.368. The molecule has 30 heavy (non-hydrogen) atoms. The molecule has 5 rings (SSSR count). The van der Waals surface area contributed by atoms with E-state index in [0.29, 0.717) is 5.75 Å². The molecular weight excluding hydrogens is 416 g/mol. The molecular formula is C21H20N6OS2. The largest absolute Gasteiger partial charge is 0.325 e. The van der Waals surface area contributed by atoms with Crippen LogP contribution < -0.4 is 5.32 Å². The maximum absolute atomic E-state index is 12.4. The van der Waals surface area contributed by atoms with Gasteiger partial charge < -0.3 is 9.88 Å². The minimum absolute atomic E-state index is 0.0638. The summed E-state index contributed by atoms with van der Waals surface area (Å²) in [4.78, 5) is 21.9. The molecule has 0 aliphatic carbocycles. The number of nitrogens with zero attached hydrogens (tertiary/aromatic N) is 5. The number of nitrogens with one attached hydrogen (secondary N) is 1. The molecule has 4 heterocycles. The Hall–Kier alpha value is -2.78. The predicted octanol–water partition coefficient (Wildman–Crippen LogP) is 4.41. The highest BCUT2D eigenvalue weighted by molar-refractivity contribution is 8.00. The first kappa shape index (κ1) is 19.2. The molecule has 0 saturated heterocycles. The van der Waals surface area contributed by atoms with E-state index in [-0.39, 0.29) is 5.91 Å². The molecule has 0 unspecified atom stereocenters. The third kappa shape index (κ3) is 3.95. The number of aromatic nitrogens is 5. The summed E-state index contributed by atoms with van der Waals surface area (Å²) in [6.07, 6.45) is 6.10. The number of fused-ring (bicyclic) bond motifs is 2. The number of benzene rings is 1. The van der Waals surface area contributed by atoms with Gasteiger partial charge in [0, 0.05) is 29.6 Å². The maximum atomic E-state index is 12.4. The molecule has 0 spiro atoms. The van der Waals surface area contributed by atoms with Crippen LogP contribution in [0.5, 0.6) is 0 Å². The number of anilines is 1. The lowest BCUT2D eigenvalue weighted by molar-refractivity contribution is -0.113. The fourth-order valence-electron chi connectivity index (χ4n) is 3.61. The Bertz CT molecular complexity index is 1180. The number of hydrogen-bond donors (Lipinski definition) is 1. The van der Waals surface area contributed by atoms with Crippen LogP contribution in [0.25, 0.3) is 21.6 Å². The Morgan fingerprint density at radius 3 is 2.90 bits per heavy atom. The van der Waals surface area contributed by atoms with Gasteiger partial charge in [0.1, 0.15) is 22.0 Å². The van der Waals surface area contributed by atoms with Crippen LogP contribution in [-0.2, 0) is 17.8 Å². The molecule has 1 aliphatic rings. The zero-order valence-electron chi connectivity index (χ0n) is 16.2. The van der Waals surface area contributed by atoms with Gasteiger partial charge in [-0.3, -0.25) is 4.79 Å². The van der Waals surface area contributed by atoms with E-state index in [0.717, 1.165) is 57.5 Å². The molecule has 9 heteroatoms. The third-order valence-electron chi connectivity index (χ3n) is 5.10. The number of rotatable bonds is 5. The molecule has 0 fully saturated rings. The number of carbonyl (C=O) groups is 1. The summed E-state index contributed by atoms with van der Waals surface area (Å²) in [6.45, 7) is 0.966. The highest BCUT2D eigenvalue weighted by Gasteiger charge is 2.16. The third-order valence-corrected chi connectivity index (χ3v) is 6.93. The van der Waals surface area contributed by atoms with Gasteiger partial charge in [0.2, 0.25) is 5.91 Å². The van der Waals surface area contributed by atoms with Crippen LogP contribution >= 0.6 is 23.1 Å².